The Hall–Kier alpha value is -0.980. The van der Waals surface area contributed by atoms with Crippen LogP contribution in [0.4, 0.5) is 5.69 Å². The summed E-state index contributed by atoms with van der Waals surface area (Å²) in [5.74, 6) is 0. The first-order valence-corrected chi connectivity index (χ1v) is 8.14. The number of rotatable bonds is 10. The first-order chi connectivity index (χ1) is 9.26. The Bertz CT molecular complexity index is 313. The van der Waals surface area contributed by atoms with Gasteiger partial charge in [0, 0.05) is 5.69 Å². The number of nitrogens with two attached hydrogens (primary N) is 1. The van der Waals surface area contributed by atoms with Gasteiger partial charge < -0.3 is 5.73 Å². The summed E-state index contributed by atoms with van der Waals surface area (Å²) in [6.45, 7) is 4.52. The Balaban J connectivity index is 2.41. The van der Waals surface area contributed by atoms with E-state index in [1.165, 1.54) is 75.3 Å². The highest BCUT2D eigenvalue weighted by atomic mass is 14.5. The predicted octanol–water partition coefficient (Wildman–Crippen LogP) is 5.51. The summed E-state index contributed by atoms with van der Waals surface area (Å²) in [5, 5.41) is 0. The third-order valence-corrected chi connectivity index (χ3v) is 3.71. The van der Waals surface area contributed by atoms with E-state index in [4.69, 9.17) is 5.73 Å². The molecule has 108 valence electrons. The summed E-state index contributed by atoms with van der Waals surface area (Å²) in [6.07, 6.45) is 13.0. The van der Waals surface area contributed by atoms with Crippen LogP contribution in [-0.4, -0.2) is 0 Å². The number of aryl methyl sites for hydroxylation is 2. The number of nitrogen functional groups attached to an aromatic ring is 1. The Morgan fingerprint density at radius 2 is 1.16 bits per heavy atom. The molecule has 1 aromatic carbocycles. The van der Waals surface area contributed by atoms with Crippen molar-refractivity contribution in [2.24, 2.45) is 0 Å². The maximum absolute atomic E-state index is 6.02. The van der Waals surface area contributed by atoms with Crippen molar-refractivity contribution in [3.8, 4) is 0 Å². The molecule has 0 saturated carbocycles. The lowest BCUT2D eigenvalue weighted by molar-refractivity contribution is 0.661. The first kappa shape index (κ1) is 16.1. The van der Waals surface area contributed by atoms with Crippen molar-refractivity contribution >= 4 is 5.69 Å². The molecule has 0 atom stereocenters. The van der Waals surface area contributed by atoms with Crippen LogP contribution in [0.15, 0.2) is 18.2 Å². The second kappa shape index (κ2) is 9.89. The van der Waals surface area contributed by atoms with Gasteiger partial charge in [0.05, 0.1) is 0 Å². The van der Waals surface area contributed by atoms with E-state index in [-0.39, 0.29) is 0 Å². The van der Waals surface area contributed by atoms with Gasteiger partial charge in [0.2, 0.25) is 0 Å². The van der Waals surface area contributed by atoms with Gasteiger partial charge in [-0.15, -0.1) is 0 Å². The van der Waals surface area contributed by atoms with Gasteiger partial charge in [-0.25, -0.2) is 0 Å². The van der Waals surface area contributed by atoms with E-state index >= 15 is 0 Å². The second-order valence-corrected chi connectivity index (χ2v) is 5.70. The van der Waals surface area contributed by atoms with Gasteiger partial charge in [0.25, 0.3) is 0 Å². The molecule has 0 heterocycles. The zero-order valence-corrected chi connectivity index (χ0v) is 12.9. The lowest BCUT2D eigenvalue weighted by Gasteiger charge is -2.08. The average molecular weight is 261 g/mol. The highest BCUT2D eigenvalue weighted by molar-refractivity contribution is 5.44. The molecule has 0 aliphatic heterocycles. The van der Waals surface area contributed by atoms with E-state index in [1.807, 2.05) is 0 Å². The predicted molar refractivity (Wildman–Crippen MR) is 86.5 cm³/mol. The molecular formula is C18H31N. The van der Waals surface area contributed by atoms with Crippen LogP contribution in [0.5, 0.6) is 0 Å². The lowest BCUT2D eigenvalue weighted by Crippen LogP contribution is -1.95. The van der Waals surface area contributed by atoms with E-state index in [9.17, 15) is 0 Å². The second-order valence-electron chi connectivity index (χ2n) is 5.70. The standard InChI is InChI=1S/C18H31N/c1-3-5-7-9-11-16-13-17(15-18(19)14-16)12-10-8-6-4-2/h13-15H,3-12,19H2,1-2H3. The van der Waals surface area contributed by atoms with E-state index in [0.29, 0.717) is 0 Å². The molecule has 0 fully saturated rings. The molecular weight excluding hydrogens is 230 g/mol. The maximum atomic E-state index is 6.02. The molecule has 1 heteroatoms. The van der Waals surface area contributed by atoms with Crippen molar-refractivity contribution in [1.82, 2.24) is 0 Å². The molecule has 1 rings (SSSR count). The van der Waals surface area contributed by atoms with Crippen LogP contribution in [0.2, 0.25) is 0 Å². The van der Waals surface area contributed by atoms with Crippen molar-refractivity contribution in [2.45, 2.75) is 78.1 Å². The van der Waals surface area contributed by atoms with Crippen LogP contribution in [0.1, 0.15) is 76.3 Å². The number of hydrogen-bond donors (Lipinski definition) is 1. The Morgan fingerprint density at radius 1 is 0.684 bits per heavy atom. The van der Waals surface area contributed by atoms with Gasteiger partial charge in [-0.05, 0) is 48.9 Å². The van der Waals surface area contributed by atoms with Gasteiger partial charge in [0.15, 0.2) is 0 Å². The molecule has 0 aliphatic rings. The quantitative estimate of drug-likeness (QED) is 0.436. The fourth-order valence-corrected chi connectivity index (χ4v) is 2.59. The van der Waals surface area contributed by atoms with Crippen molar-refractivity contribution in [3.05, 3.63) is 29.3 Å². The first-order valence-electron chi connectivity index (χ1n) is 8.14. The van der Waals surface area contributed by atoms with Gasteiger partial charge >= 0.3 is 0 Å². The van der Waals surface area contributed by atoms with E-state index in [1.54, 1.807) is 0 Å². The van der Waals surface area contributed by atoms with Gasteiger partial charge in [0.1, 0.15) is 0 Å². The Labute approximate surface area is 119 Å². The zero-order valence-electron chi connectivity index (χ0n) is 12.9. The number of benzene rings is 1. The maximum Gasteiger partial charge on any atom is 0.0319 e. The molecule has 2 N–H and O–H groups in total. The third kappa shape index (κ3) is 7.25. The van der Waals surface area contributed by atoms with Gasteiger partial charge in [-0.3, -0.25) is 0 Å². The van der Waals surface area contributed by atoms with Crippen LogP contribution < -0.4 is 5.73 Å². The molecule has 0 amide bonds. The number of anilines is 1. The Kier molecular flexibility index (Phi) is 8.36. The van der Waals surface area contributed by atoms with Crippen molar-refractivity contribution in [3.63, 3.8) is 0 Å². The molecule has 19 heavy (non-hydrogen) atoms. The summed E-state index contributed by atoms with van der Waals surface area (Å²) in [7, 11) is 0. The van der Waals surface area contributed by atoms with Gasteiger partial charge in [-0.1, -0.05) is 58.4 Å². The normalized spacial score (nSPS) is 10.8. The van der Waals surface area contributed by atoms with E-state index in [2.05, 4.69) is 32.0 Å². The van der Waals surface area contributed by atoms with Crippen molar-refractivity contribution in [2.75, 3.05) is 5.73 Å². The number of unbranched alkanes of at least 4 members (excludes halogenated alkanes) is 6. The summed E-state index contributed by atoms with van der Waals surface area (Å²) in [4.78, 5) is 0. The third-order valence-electron chi connectivity index (χ3n) is 3.71. The highest BCUT2D eigenvalue weighted by Gasteiger charge is 2.00. The largest absolute Gasteiger partial charge is 0.399 e. The molecule has 1 nitrogen and oxygen atoms in total. The van der Waals surface area contributed by atoms with Crippen molar-refractivity contribution in [1.29, 1.82) is 0 Å². The SMILES string of the molecule is CCCCCCc1cc(N)cc(CCCCCC)c1. The molecule has 1 aromatic rings. The van der Waals surface area contributed by atoms with Crippen LogP contribution in [0, 0.1) is 0 Å². The zero-order chi connectivity index (χ0) is 13.9. The lowest BCUT2D eigenvalue weighted by atomic mass is 10.00. The fraction of sp³-hybridized carbons (Fsp3) is 0.667. The average Bonchev–Trinajstić information content (AvgIpc) is 2.39. The van der Waals surface area contributed by atoms with Gasteiger partial charge in [-0.2, -0.15) is 0 Å². The fourth-order valence-electron chi connectivity index (χ4n) is 2.59. The molecule has 0 radical (unpaired) electrons. The highest BCUT2D eigenvalue weighted by Crippen LogP contribution is 2.17. The summed E-state index contributed by atoms with van der Waals surface area (Å²) in [6, 6.07) is 6.68. The van der Waals surface area contributed by atoms with Crippen LogP contribution in [-0.2, 0) is 12.8 Å². The summed E-state index contributed by atoms with van der Waals surface area (Å²) >= 11 is 0. The molecule has 0 aromatic heterocycles. The smallest absolute Gasteiger partial charge is 0.0319 e. The molecule has 0 saturated heterocycles. The van der Waals surface area contributed by atoms with E-state index in [0.717, 1.165) is 5.69 Å². The topological polar surface area (TPSA) is 26.0 Å². The van der Waals surface area contributed by atoms with E-state index < -0.39 is 0 Å². The minimum Gasteiger partial charge on any atom is -0.399 e. The molecule has 0 spiro atoms. The molecule has 0 bridgehead atoms. The van der Waals surface area contributed by atoms with Crippen molar-refractivity contribution < 1.29 is 0 Å². The van der Waals surface area contributed by atoms with Crippen LogP contribution in [0.3, 0.4) is 0 Å². The molecule has 0 unspecified atom stereocenters. The minimum absolute atomic E-state index is 0.943. The van der Waals surface area contributed by atoms with Crippen LogP contribution in [0.25, 0.3) is 0 Å². The Morgan fingerprint density at radius 3 is 1.58 bits per heavy atom. The van der Waals surface area contributed by atoms with Crippen LogP contribution >= 0.6 is 0 Å². The molecule has 0 aliphatic carbocycles. The monoisotopic (exact) mass is 261 g/mol. The summed E-state index contributed by atoms with van der Waals surface area (Å²) < 4.78 is 0. The number of hydrogen-bond acceptors (Lipinski definition) is 1. The minimum atomic E-state index is 0.943. The summed E-state index contributed by atoms with van der Waals surface area (Å²) in [5.41, 5.74) is 9.83.